The standard InChI is InChI=1S/C17H25N3O/c1-2-9-19-10-12-20(13-11-19)17(21)16-15-6-4-3-5-14(15)7-8-18-16/h3-6,16,18H,2,7-13H2,1H3. The average molecular weight is 287 g/mol. The molecule has 2 aliphatic heterocycles. The summed E-state index contributed by atoms with van der Waals surface area (Å²) in [5.74, 6) is 0.248. The van der Waals surface area contributed by atoms with E-state index in [1.807, 2.05) is 11.0 Å². The van der Waals surface area contributed by atoms with E-state index in [9.17, 15) is 4.79 Å². The summed E-state index contributed by atoms with van der Waals surface area (Å²) in [4.78, 5) is 17.3. The SMILES string of the molecule is CCCN1CCN(C(=O)C2NCCc3ccccc32)CC1. The maximum atomic E-state index is 12.8. The first-order valence-electron chi connectivity index (χ1n) is 8.12. The number of fused-ring (bicyclic) bond motifs is 1. The number of piperazine rings is 1. The number of hydrogen-bond acceptors (Lipinski definition) is 3. The van der Waals surface area contributed by atoms with Crippen LogP contribution in [0.4, 0.5) is 0 Å². The van der Waals surface area contributed by atoms with Crippen LogP contribution in [-0.2, 0) is 11.2 Å². The summed E-state index contributed by atoms with van der Waals surface area (Å²) in [5.41, 5.74) is 2.49. The molecule has 1 aromatic rings. The van der Waals surface area contributed by atoms with Crippen LogP contribution in [-0.4, -0.2) is 55.0 Å². The van der Waals surface area contributed by atoms with Crippen LogP contribution in [0.25, 0.3) is 0 Å². The van der Waals surface area contributed by atoms with Gasteiger partial charge in [-0.15, -0.1) is 0 Å². The molecule has 2 heterocycles. The Morgan fingerprint density at radius 2 is 2.00 bits per heavy atom. The van der Waals surface area contributed by atoms with Crippen molar-refractivity contribution in [2.45, 2.75) is 25.8 Å². The summed E-state index contributed by atoms with van der Waals surface area (Å²) in [6.45, 7) is 7.98. The molecule has 1 unspecified atom stereocenters. The highest BCUT2D eigenvalue weighted by Gasteiger charge is 2.31. The molecule has 0 spiro atoms. The Bertz CT molecular complexity index is 495. The second-order valence-corrected chi connectivity index (χ2v) is 6.00. The molecule has 3 rings (SSSR count). The van der Waals surface area contributed by atoms with Gasteiger partial charge in [-0.1, -0.05) is 31.2 Å². The maximum Gasteiger partial charge on any atom is 0.244 e. The molecule has 0 aliphatic carbocycles. The molecule has 1 aromatic carbocycles. The highest BCUT2D eigenvalue weighted by Crippen LogP contribution is 2.24. The number of hydrogen-bond donors (Lipinski definition) is 1. The fourth-order valence-electron chi connectivity index (χ4n) is 3.42. The van der Waals surface area contributed by atoms with Crippen molar-refractivity contribution in [1.82, 2.24) is 15.1 Å². The molecule has 1 saturated heterocycles. The minimum absolute atomic E-state index is 0.146. The molecule has 0 aromatic heterocycles. The van der Waals surface area contributed by atoms with Gasteiger partial charge in [-0.3, -0.25) is 9.69 Å². The van der Waals surface area contributed by atoms with E-state index in [1.165, 1.54) is 17.5 Å². The van der Waals surface area contributed by atoms with Crippen molar-refractivity contribution < 1.29 is 4.79 Å². The Kier molecular flexibility index (Phi) is 4.56. The lowest BCUT2D eigenvalue weighted by atomic mass is 9.93. The van der Waals surface area contributed by atoms with Gasteiger partial charge >= 0.3 is 0 Å². The zero-order valence-electron chi connectivity index (χ0n) is 12.8. The van der Waals surface area contributed by atoms with Crippen molar-refractivity contribution in [1.29, 1.82) is 0 Å². The molecule has 2 aliphatic rings. The van der Waals surface area contributed by atoms with Crippen LogP contribution >= 0.6 is 0 Å². The monoisotopic (exact) mass is 287 g/mol. The molecular formula is C17H25N3O. The summed E-state index contributed by atoms with van der Waals surface area (Å²) >= 11 is 0. The fourth-order valence-corrected chi connectivity index (χ4v) is 3.42. The molecule has 0 bridgehead atoms. The van der Waals surface area contributed by atoms with Crippen LogP contribution < -0.4 is 5.32 Å². The normalized spacial score (nSPS) is 22.9. The van der Waals surface area contributed by atoms with Crippen molar-refractivity contribution in [2.24, 2.45) is 0 Å². The van der Waals surface area contributed by atoms with Gasteiger partial charge in [0.2, 0.25) is 5.91 Å². The Morgan fingerprint density at radius 1 is 1.24 bits per heavy atom. The lowest BCUT2D eigenvalue weighted by Crippen LogP contribution is -2.52. The van der Waals surface area contributed by atoms with Crippen molar-refractivity contribution in [3.63, 3.8) is 0 Å². The number of rotatable bonds is 3. The van der Waals surface area contributed by atoms with Gasteiger partial charge < -0.3 is 10.2 Å². The van der Waals surface area contributed by atoms with Gasteiger partial charge in [-0.05, 0) is 30.5 Å². The smallest absolute Gasteiger partial charge is 0.244 e. The summed E-state index contributed by atoms with van der Waals surface area (Å²) in [5, 5.41) is 3.40. The lowest BCUT2D eigenvalue weighted by molar-refractivity contribution is -0.135. The minimum Gasteiger partial charge on any atom is -0.338 e. The number of amides is 1. The Labute approximate surface area is 127 Å². The zero-order valence-corrected chi connectivity index (χ0v) is 12.8. The van der Waals surface area contributed by atoms with Crippen LogP contribution in [0.15, 0.2) is 24.3 Å². The second kappa shape index (κ2) is 6.58. The molecule has 21 heavy (non-hydrogen) atoms. The van der Waals surface area contributed by atoms with E-state index in [2.05, 4.69) is 35.3 Å². The van der Waals surface area contributed by atoms with Crippen molar-refractivity contribution in [2.75, 3.05) is 39.3 Å². The summed E-state index contributed by atoms with van der Waals surface area (Å²) < 4.78 is 0. The van der Waals surface area contributed by atoms with Gasteiger partial charge in [0.05, 0.1) is 0 Å². The number of nitrogens with zero attached hydrogens (tertiary/aromatic N) is 2. The molecular weight excluding hydrogens is 262 g/mol. The van der Waals surface area contributed by atoms with Gasteiger partial charge in [0.25, 0.3) is 0 Å². The Hall–Kier alpha value is -1.39. The van der Waals surface area contributed by atoms with Crippen molar-refractivity contribution in [3.8, 4) is 0 Å². The zero-order chi connectivity index (χ0) is 14.7. The molecule has 4 nitrogen and oxygen atoms in total. The van der Waals surface area contributed by atoms with Crippen LogP contribution in [0.5, 0.6) is 0 Å². The van der Waals surface area contributed by atoms with Crippen LogP contribution in [0.2, 0.25) is 0 Å². The van der Waals surface area contributed by atoms with Crippen LogP contribution in [0.3, 0.4) is 0 Å². The van der Waals surface area contributed by atoms with Crippen molar-refractivity contribution >= 4 is 5.91 Å². The van der Waals surface area contributed by atoms with E-state index < -0.39 is 0 Å². The first-order chi connectivity index (χ1) is 10.3. The molecule has 0 radical (unpaired) electrons. The number of carbonyl (C=O) groups is 1. The molecule has 0 saturated carbocycles. The molecule has 114 valence electrons. The molecule has 4 heteroatoms. The highest BCUT2D eigenvalue weighted by atomic mass is 16.2. The number of carbonyl (C=O) groups excluding carboxylic acids is 1. The predicted molar refractivity (Wildman–Crippen MR) is 84.2 cm³/mol. The first kappa shape index (κ1) is 14.5. The van der Waals surface area contributed by atoms with E-state index in [1.54, 1.807) is 0 Å². The van der Waals surface area contributed by atoms with Gasteiger partial charge in [-0.25, -0.2) is 0 Å². The van der Waals surface area contributed by atoms with Crippen LogP contribution in [0, 0.1) is 0 Å². The lowest BCUT2D eigenvalue weighted by Gasteiger charge is -2.37. The Balaban J connectivity index is 1.67. The third-order valence-corrected chi connectivity index (χ3v) is 4.58. The van der Waals surface area contributed by atoms with Gasteiger partial charge in [0, 0.05) is 32.7 Å². The summed E-state index contributed by atoms with van der Waals surface area (Å²) in [7, 11) is 0. The van der Waals surface area contributed by atoms with Gasteiger partial charge in [-0.2, -0.15) is 0 Å². The molecule has 1 N–H and O–H groups in total. The Morgan fingerprint density at radius 3 is 2.76 bits per heavy atom. The van der Waals surface area contributed by atoms with E-state index in [4.69, 9.17) is 0 Å². The number of nitrogens with one attached hydrogen (secondary N) is 1. The van der Waals surface area contributed by atoms with E-state index in [0.717, 1.165) is 45.7 Å². The predicted octanol–water partition coefficient (Wildman–Crippen LogP) is 1.43. The van der Waals surface area contributed by atoms with E-state index >= 15 is 0 Å². The third-order valence-electron chi connectivity index (χ3n) is 4.58. The average Bonchev–Trinajstić information content (AvgIpc) is 2.55. The summed E-state index contributed by atoms with van der Waals surface area (Å²) in [6, 6.07) is 8.20. The second-order valence-electron chi connectivity index (χ2n) is 6.00. The van der Waals surface area contributed by atoms with Gasteiger partial charge in [0.1, 0.15) is 6.04 Å². The quantitative estimate of drug-likeness (QED) is 0.913. The van der Waals surface area contributed by atoms with E-state index in [-0.39, 0.29) is 11.9 Å². The minimum atomic E-state index is -0.146. The molecule has 1 amide bonds. The maximum absolute atomic E-state index is 12.8. The first-order valence-corrected chi connectivity index (χ1v) is 8.12. The summed E-state index contributed by atoms with van der Waals surface area (Å²) in [6.07, 6.45) is 2.20. The largest absolute Gasteiger partial charge is 0.338 e. The van der Waals surface area contributed by atoms with E-state index in [0.29, 0.717) is 0 Å². The highest BCUT2D eigenvalue weighted by molar-refractivity contribution is 5.84. The van der Waals surface area contributed by atoms with Crippen molar-refractivity contribution in [3.05, 3.63) is 35.4 Å². The third kappa shape index (κ3) is 3.11. The fraction of sp³-hybridized carbons (Fsp3) is 0.588. The molecule has 1 fully saturated rings. The topological polar surface area (TPSA) is 35.6 Å². The van der Waals surface area contributed by atoms with Crippen LogP contribution in [0.1, 0.15) is 30.5 Å². The number of benzene rings is 1. The molecule has 1 atom stereocenters. The van der Waals surface area contributed by atoms with Gasteiger partial charge in [0.15, 0.2) is 0 Å².